The van der Waals surface area contributed by atoms with E-state index >= 15 is 0 Å². The van der Waals surface area contributed by atoms with Crippen molar-refractivity contribution in [2.24, 2.45) is 0 Å². The molecule has 4 N–H and O–H groups in total. The Kier molecular flexibility index (Phi) is 6.87. The van der Waals surface area contributed by atoms with E-state index in [-0.39, 0.29) is 24.6 Å². The molecule has 2 amide bonds. The molecule has 0 fully saturated rings. The average Bonchev–Trinajstić information content (AvgIpc) is 2.94. The molecule has 9 heteroatoms. The van der Waals surface area contributed by atoms with Gasteiger partial charge in [-0.15, -0.1) is 0 Å². The van der Waals surface area contributed by atoms with Crippen LogP contribution in [0.3, 0.4) is 0 Å². The molecule has 38 heavy (non-hydrogen) atoms. The van der Waals surface area contributed by atoms with Gasteiger partial charge >= 0.3 is 0 Å². The van der Waals surface area contributed by atoms with Crippen molar-refractivity contribution < 1.29 is 24.7 Å². The third kappa shape index (κ3) is 4.84. The molecule has 5 aromatic rings. The summed E-state index contributed by atoms with van der Waals surface area (Å²) in [4.78, 5) is 35.4. The molecule has 0 aromatic heterocycles. The van der Waals surface area contributed by atoms with Crippen molar-refractivity contribution >= 4 is 49.8 Å². The van der Waals surface area contributed by atoms with Gasteiger partial charge in [0, 0.05) is 12.1 Å². The maximum absolute atomic E-state index is 12.7. The van der Waals surface area contributed by atoms with Crippen molar-refractivity contribution in [3.05, 3.63) is 100 Å². The van der Waals surface area contributed by atoms with Crippen LogP contribution >= 0.6 is 0 Å². The number of nitrogens with one attached hydrogen (secondary N) is 2. The van der Waals surface area contributed by atoms with Gasteiger partial charge in [0.15, 0.2) is 0 Å². The molecule has 0 aliphatic heterocycles. The van der Waals surface area contributed by atoms with Gasteiger partial charge in [-0.25, -0.2) is 0 Å². The van der Waals surface area contributed by atoms with Crippen LogP contribution in [0.25, 0.3) is 32.3 Å². The molecule has 2 atom stereocenters. The van der Waals surface area contributed by atoms with Gasteiger partial charge < -0.3 is 20.8 Å². The zero-order valence-corrected chi connectivity index (χ0v) is 20.3. The summed E-state index contributed by atoms with van der Waals surface area (Å²) in [5.74, 6) is -0.930. The number of carbonyl (C=O) groups excluding carboxylic acids is 2. The van der Waals surface area contributed by atoms with Crippen LogP contribution in [0.1, 0.15) is 17.2 Å². The van der Waals surface area contributed by atoms with Gasteiger partial charge in [-0.3, -0.25) is 19.7 Å². The van der Waals surface area contributed by atoms with Gasteiger partial charge in [-0.05, 0) is 55.6 Å². The van der Waals surface area contributed by atoms with Crippen molar-refractivity contribution in [1.82, 2.24) is 10.6 Å². The zero-order valence-electron chi connectivity index (χ0n) is 20.3. The van der Waals surface area contributed by atoms with E-state index in [4.69, 9.17) is 0 Å². The van der Waals surface area contributed by atoms with Gasteiger partial charge in [0.1, 0.15) is 6.10 Å². The summed E-state index contributed by atoms with van der Waals surface area (Å²) >= 11 is 0. The number of nitro groups is 1. The highest BCUT2D eigenvalue weighted by Crippen LogP contribution is 2.36. The minimum absolute atomic E-state index is 0.0797. The van der Waals surface area contributed by atoms with E-state index in [0.717, 1.165) is 37.9 Å². The first-order valence-corrected chi connectivity index (χ1v) is 12.1. The van der Waals surface area contributed by atoms with Crippen LogP contribution in [-0.2, 0) is 16.0 Å². The second-order valence-electron chi connectivity index (χ2n) is 9.18. The molecule has 0 saturated carbocycles. The second-order valence-corrected chi connectivity index (χ2v) is 9.18. The van der Waals surface area contributed by atoms with Crippen LogP contribution < -0.4 is 10.6 Å². The van der Waals surface area contributed by atoms with Gasteiger partial charge in [-0.2, -0.15) is 0 Å². The lowest BCUT2D eigenvalue weighted by molar-refractivity contribution is -0.384. The topological polar surface area (TPSA) is 142 Å². The van der Waals surface area contributed by atoms with Crippen LogP contribution in [0.4, 0.5) is 5.69 Å². The summed E-state index contributed by atoms with van der Waals surface area (Å²) in [6, 6.07) is 22.4. The molecule has 9 nitrogen and oxygen atoms in total. The summed E-state index contributed by atoms with van der Waals surface area (Å²) in [5, 5.41) is 42.7. The van der Waals surface area contributed by atoms with Crippen molar-refractivity contribution in [1.29, 1.82) is 0 Å². The fourth-order valence-electron chi connectivity index (χ4n) is 4.87. The molecule has 0 heterocycles. The number of benzene rings is 5. The Hall–Kier alpha value is -4.60. The molecule has 0 radical (unpaired) electrons. The first-order chi connectivity index (χ1) is 18.4. The quantitative estimate of drug-likeness (QED) is 0.136. The lowest BCUT2D eigenvalue weighted by atomic mass is 9.91. The van der Waals surface area contributed by atoms with Gasteiger partial charge in [0.2, 0.25) is 11.8 Å². The van der Waals surface area contributed by atoms with E-state index in [9.17, 15) is 29.9 Å². The minimum Gasteiger partial charge on any atom is -0.394 e. The van der Waals surface area contributed by atoms with Crippen LogP contribution in [0, 0.1) is 10.1 Å². The number of aliphatic hydroxyl groups excluding tert-OH is 2. The van der Waals surface area contributed by atoms with E-state index in [1.54, 1.807) is 0 Å². The number of rotatable bonds is 9. The SMILES string of the molecule is O=C(Cc1ccc2ccc3cccc4ccc1c2c34)NCC(=O)N[C@H](CO)[C@H](O)c1ccc([N+](=O)[O-])cc1. The van der Waals surface area contributed by atoms with Crippen molar-refractivity contribution in [2.45, 2.75) is 18.6 Å². The molecular weight excluding hydrogens is 486 g/mol. The van der Waals surface area contributed by atoms with Crippen LogP contribution in [0.2, 0.25) is 0 Å². The number of hydrogen-bond acceptors (Lipinski definition) is 6. The highest BCUT2D eigenvalue weighted by molar-refractivity contribution is 6.23. The smallest absolute Gasteiger partial charge is 0.269 e. The molecule has 0 spiro atoms. The fourth-order valence-corrected chi connectivity index (χ4v) is 4.87. The molecule has 192 valence electrons. The van der Waals surface area contributed by atoms with Gasteiger partial charge in [-0.1, -0.05) is 54.6 Å². The van der Waals surface area contributed by atoms with Crippen molar-refractivity contribution in [2.75, 3.05) is 13.2 Å². The lowest BCUT2D eigenvalue weighted by Gasteiger charge is -2.22. The fraction of sp³-hybridized carbons (Fsp3) is 0.172. The van der Waals surface area contributed by atoms with Crippen LogP contribution in [0.15, 0.2) is 78.9 Å². The first-order valence-electron chi connectivity index (χ1n) is 12.1. The minimum atomic E-state index is -1.29. The summed E-state index contributed by atoms with van der Waals surface area (Å²) in [6.07, 6.45) is -1.21. The van der Waals surface area contributed by atoms with Crippen LogP contribution in [-0.4, -0.2) is 46.1 Å². The molecule has 0 aliphatic rings. The molecule has 0 bridgehead atoms. The number of non-ortho nitro benzene ring substituents is 1. The van der Waals surface area contributed by atoms with Crippen LogP contribution in [0.5, 0.6) is 0 Å². The molecule has 5 rings (SSSR count). The predicted molar refractivity (Wildman–Crippen MR) is 144 cm³/mol. The normalized spacial score (nSPS) is 13.0. The van der Waals surface area contributed by atoms with Crippen molar-refractivity contribution in [3.8, 4) is 0 Å². The number of hydrogen-bond donors (Lipinski definition) is 4. The number of nitrogens with zero attached hydrogens (tertiary/aromatic N) is 1. The lowest BCUT2D eigenvalue weighted by Crippen LogP contribution is -2.46. The Bertz CT molecular complexity index is 1630. The van der Waals surface area contributed by atoms with E-state index in [1.807, 2.05) is 30.3 Å². The van der Waals surface area contributed by atoms with Gasteiger partial charge in [0.25, 0.3) is 5.69 Å². The summed E-state index contributed by atoms with van der Waals surface area (Å²) in [5.41, 5.74) is 1.00. The number of aliphatic hydroxyl groups is 2. The zero-order chi connectivity index (χ0) is 26.8. The molecule has 0 unspecified atom stereocenters. The van der Waals surface area contributed by atoms with E-state index in [2.05, 4.69) is 34.9 Å². The largest absolute Gasteiger partial charge is 0.394 e. The third-order valence-electron chi connectivity index (χ3n) is 6.79. The van der Waals surface area contributed by atoms with E-state index in [0.29, 0.717) is 5.56 Å². The summed E-state index contributed by atoms with van der Waals surface area (Å²) in [6.45, 7) is -0.908. The number of amides is 2. The second kappa shape index (κ2) is 10.4. The Morgan fingerprint density at radius 2 is 1.47 bits per heavy atom. The molecule has 0 aliphatic carbocycles. The molecule has 0 saturated heterocycles. The highest BCUT2D eigenvalue weighted by Gasteiger charge is 2.23. The number of nitro benzene ring substituents is 1. The maximum Gasteiger partial charge on any atom is 0.269 e. The van der Waals surface area contributed by atoms with Crippen molar-refractivity contribution in [3.63, 3.8) is 0 Å². The standard InChI is InChI=1S/C29H25N3O6/c33-16-24(29(36)20-8-11-22(12-9-20)32(37)38)31-26(35)15-30-25(34)14-21-7-6-19-5-4-17-2-1-3-18-10-13-23(21)28(19)27(17)18/h1-13,24,29,33,36H,14-16H2,(H,30,34)(H,31,35)/t24-,29-/m1/s1. The average molecular weight is 512 g/mol. The third-order valence-corrected chi connectivity index (χ3v) is 6.79. The van der Waals surface area contributed by atoms with E-state index < -0.39 is 29.6 Å². The highest BCUT2D eigenvalue weighted by atomic mass is 16.6. The molecule has 5 aromatic carbocycles. The maximum atomic E-state index is 12.7. The predicted octanol–water partition coefficient (Wildman–Crippen LogP) is 3.36. The Morgan fingerprint density at radius 1 is 0.842 bits per heavy atom. The van der Waals surface area contributed by atoms with E-state index in [1.165, 1.54) is 24.3 Å². The first kappa shape index (κ1) is 25.1. The monoisotopic (exact) mass is 511 g/mol. The van der Waals surface area contributed by atoms with Gasteiger partial charge in [0.05, 0.1) is 30.5 Å². The Balaban J connectivity index is 1.23. The Labute approximate surface area is 217 Å². The summed E-state index contributed by atoms with van der Waals surface area (Å²) < 4.78 is 0. The Morgan fingerprint density at radius 3 is 2.13 bits per heavy atom. The number of carbonyl (C=O) groups is 2. The summed E-state index contributed by atoms with van der Waals surface area (Å²) in [7, 11) is 0. The molecular formula is C29H25N3O6.